The molecule has 1 aromatic rings. The average Bonchev–Trinajstić information content (AvgIpc) is 2.99. The second-order valence-corrected chi connectivity index (χ2v) is 5.31. The van der Waals surface area contributed by atoms with Gasteiger partial charge in [0, 0.05) is 24.3 Å². The topological polar surface area (TPSA) is 20.3 Å². The van der Waals surface area contributed by atoms with E-state index in [9.17, 15) is 4.79 Å². The van der Waals surface area contributed by atoms with E-state index in [2.05, 4.69) is 11.0 Å². The fourth-order valence-corrected chi connectivity index (χ4v) is 3.33. The molecule has 1 aliphatic carbocycles. The Balaban J connectivity index is 1.80. The summed E-state index contributed by atoms with van der Waals surface area (Å²) in [5.41, 5.74) is 3.46. The SMILES string of the molecule is O=Cc1cccc2c1CCN2CC1CCCC1. The first-order valence-corrected chi connectivity index (χ1v) is 6.70. The highest BCUT2D eigenvalue weighted by Gasteiger charge is 2.25. The van der Waals surface area contributed by atoms with E-state index in [1.165, 1.54) is 43.5 Å². The van der Waals surface area contributed by atoms with Gasteiger partial charge in [-0.05, 0) is 36.8 Å². The normalized spacial score (nSPS) is 19.6. The Morgan fingerprint density at radius 1 is 1.29 bits per heavy atom. The summed E-state index contributed by atoms with van der Waals surface area (Å²) < 4.78 is 0. The largest absolute Gasteiger partial charge is 0.371 e. The summed E-state index contributed by atoms with van der Waals surface area (Å²) in [6, 6.07) is 6.12. The lowest BCUT2D eigenvalue weighted by atomic mass is 10.1. The first kappa shape index (κ1) is 10.8. The number of hydrogen-bond acceptors (Lipinski definition) is 2. The predicted octanol–water partition coefficient (Wildman–Crippen LogP) is 3.05. The maximum Gasteiger partial charge on any atom is 0.150 e. The third-order valence-corrected chi connectivity index (χ3v) is 4.24. The van der Waals surface area contributed by atoms with Crippen molar-refractivity contribution in [2.45, 2.75) is 32.1 Å². The van der Waals surface area contributed by atoms with Gasteiger partial charge in [-0.25, -0.2) is 0 Å². The molecule has 1 fully saturated rings. The summed E-state index contributed by atoms with van der Waals surface area (Å²) in [5.74, 6) is 0.876. The number of aldehydes is 1. The van der Waals surface area contributed by atoms with E-state index in [0.717, 1.165) is 30.7 Å². The highest BCUT2D eigenvalue weighted by Crippen LogP contribution is 2.33. The first-order valence-electron chi connectivity index (χ1n) is 6.70. The van der Waals surface area contributed by atoms with E-state index in [1.54, 1.807) is 0 Å². The zero-order valence-corrected chi connectivity index (χ0v) is 10.2. The third-order valence-electron chi connectivity index (χ3n) is 4.24. The van der Waals surface area contributed by atoms with Gasteiger partial charge in [0.1, 0.15) is 6.29 Å². The lowest BCUT2D eigenvalue weighted by molar-refractivity contribution is 0.112. The molecule has 1 aliphatic heterocycles. The molecule has 1 aromatic carbocycles. The van der Waals surface area contributed by atoms with Crippen molar-refractivity contribution in [1.29, 1.82) is 0 Å². The van der Waals surface area contributed by atoms with Crippen LogP contribution in [0.15, 0.2) is 18.2 Å². The van der Waals surface area contributed by atoms with Crippen LogP contribution in [-0.4, -0.2) is 19.4 Å². The number of carbonyl (C=O) groups excluding carboxylic acids is 1. The zero-order chi connectivity index (χ0) is 11.7. The van der Waals surface area contributed by atoms with Crippen molar-refractivity contribution >= 4 is 12.0 Å². The van der Waals surface area contributed by atoms with Gasteiger partial charge < -0.3 is 4.90 Å². The van der Waals surface area contributed by atoms with Crippen molar-refractivity contribution < 1.29 is 4.79 Å². The van der Waals surface area contributed by atoms with Crippen LogP contribution in [0.2, 0.25) is 0 Å². The van der Waals surface area contributed by atoms with E-state index in [-0.39, 0.29) is 0 Å². The highest BCUT2D eigenvalue weighted by atomic mass is 16.1. The highest BCUT2D eigenvalue weighted by molar-refractivity contribution is 5.82. The van der Waals surface area contributed by atoms with Crippen molar-refractivity contribution in [3.05, 3.63) is 29.3 Å². The van der Waals surface area contributed by atoms with Crippen LogP contribution >= 0.6 is 0 Å². The Morgan fingerprint density at radius 3 is 2.88 bits per heavy atom. The summed E-state index contributed by atoms with van der Waals surface area (Å²) in [4.78, 5) is 13.5. The molecule has 1 saturated carbocycles. The van der Waals surface area contributed by atoms with Gasteiger partial charge in [-0.3, -0.25) is 4.79 Å². The molecule has 0 unspecified atom stereocenters. The van der Waals surface area contributed by atoms with Gasteiger partial charge in [-0.1, -0.05) is 25.0 Å². The number of anilines is 1. The molecule has 2 aliphatic rings. The minimum atomic E-state index is 0.876. The Bertz CT molecular complexity index is 421. The van der Waals surface area contributed by atoms with Crippen LogP contribution in [0.4, 0.5) is 5.69 Å². The second-order valence-electron chi connectivity index (χ2n) is 5.31. The van der Waals surface area contributed by atoms with E-state index in [1.807, 2.05) is 12.1 Å². The molecule has 0 radical (unpaired) electrons. The van der Waals surface area contributed by atoms with Crippen LogP contribution in [-0.2, 0) is 6.42 Å². The molecule has 2 nitrogen and oxygen atoms in total. The van der Waals surface area contributed by atoms with Gasteiger partial charge in [0.15, 0.2) is 0 Å². The van der Waals surface area contributed by atoms with Gasteiger partial charge >= 0.3 is 0 Å². The quantitative estimate of drug-likeness (QED) is 0.742. The van der Waals surface area contributed by atoms with Crippen LogP contribution in [0.5, 0.6) is 0 Å². The van der Waals surface area contributed by atoms with Crippen molar-refractivity contribution in [1.82, 2.24) is 0 Å². The molecule has 90 valence electrons. The molecular formula is C15H19NO. The molecule has 2 heteroatoms. The molecule has 0 bridgehead atoms. The van der Waals surface area contributed by atoms with Gasteiger partial charge in [-0.15, -0.1) is 0 Å². The summed E-state index contributed by atoms with van der Waals surface area (Å²) in [5, 5.41) is 0. The van der Waals surface area contributed by atoms with Gasteiger partial charge in [0.05, 0.1) is 0 Å². The van der Waals surface area contributed by atoms with E-state index in [4.69, 9.17) is 0 Å². The smallest absolute Gasteiger partial charge is 0.150 e. The standard InChI is InChI=1S/C15H19NO/c17-11-13-6-3-7-15-14(13)8-9-16(15)10-12-4-1-2-5-12/h3,6-7,11-12H,1-2,4-5,8-10H2. The third kappa shape index (κ3) is 1.97. The molecule has 1 heterocycles. The summed E-state index contributed by atoms with van der Waals surface area (Å²) in [6.07, 6.45) is 7.62. The molecule has 0 N–H and O–H groups in total. The van der Waals surface area contributed by atoms with Crippen molar-refractivity contribution in [2.75, 3.05) is 18.0 Å². The molecule has 0 aromatic heterocycles. The second kappa shape index (κ2) is 4.52. The van der Waals surface area contributed by atoms with Gasteiger partial charge in [0.2, 0.25) is 0 Å². The molecule has 3 rings (SSSR count). The van der Waals surface area contributed by atoms with E-state index >= 15 is 0 Å². The van der Waals surface area contributed by atoms with Crippen molar-refractivity contribution in [3.63, 3.8) is 0 Å². The lowest BCUT2D eigenvalue weighted by Gasteiger charge is -2.23. The molecular weight excluding hydrogens is 210 g/mol. The maximum atomic E-state index is 11.0. The van der Waals surface area contributed by atoms with Crippen LogP contribution in [0, 0.1) is 5.92 Å². The predicted molar refractivity (Wildman–Crippen MR) is 69.7 cm³/mol. The van der Waals surface area contributed by atoms with Gasteiger partial charge in [-0.2, -0.15) is 0 Å². The number of nitrogens with zero attached hydrogens (tertiary/aromatic N) is 1. The number of benzene rings is 1. The Hall–Kier alpha value is -1.31. The average molecular weight is 229 g/mol. The minimum Gasteiger partial charge on any atom is -0.371 e. The summed E-state index contributed by atoms with van der Waals surface area (Å²) >= 11 is 0. The van der Waals surface area contributed by atoms with Gasteiger partial charge in [0.25, 0.3) is 0 Å². The molecule has 0 saturated heterocycles. The Morgan fingerprint density at radius 2 is 2.12 bits per heavy atom. The monoisotopic (exact) mass is 229 g/mol. The van der Waals surface area contributed by atoms with Crippen molar-refractivity contribution in [3.8, 4) is 0 Å². The molecule has 17 heavy (non-hydrogen) atoms. The van der Waals surface area contributed by atoms with Crippen molar-refractivity contribution in [2.24, 2.45) is 5.92 Å². The minimum absolute atomic E-state index is 0.876. The van der Waals surface area contributed by atoms with Crippen LogP contribution < -0.4 is 4.90 Å². The van der Waals surface area contributed by atoms with Crippen LogP contribution in [0.1, 0.15) is 41.6 Å². The lowest BCUT2D eigenvalue weighted by Crippen LogP contribution is -2.26. The maximum absolute atomic E-state index is 11.0. The van der Waals surface area contributed by atoms with Crippen LogP contribution in [0.3, 0.4) is 0 Å². The number of carbonyl (C=O) groups is 1. The molecule has 0 amide bonds. The molecule has 0 atom stereocenters. The van der Waals surface area contributed by atoms with E-state index < -0.39 is 0 Å². The molecule has 0 spiro atoms. The fourth-order valence-electron chi connectivity index (χ4n) is 3.33. The fraction of sp³-hybridized carbons (Fsp3) is 0.533. The Kier molecular flexibility index (Phi) is 2.87. The summed E-state index contributed by atoms with van der Waals surface area (Å²) in [6.45, 7) is 2.28. The number of rotatable bonds is 3. The zero-order valence-electron chi connectivity index (χ0n) is 10.2. The van der Waals surface area contributed by atoms with Crippen LogP contribution in [0.25, 0.3) is 0 Å². The number of fused-ring (bicyclic) bond motifs is 1. The Labute approximate surface area is 103 Å². The van der Waals surface area contributed by atoms with E-state index in [0.29, 0.717) is 0 Å². The first-order chi connectivity index (χ1) is 8.38. The summed E-state index contributed by atoms with van der Waals surface area (Å²) in [7, 11) is 0. The number of hydrogen-bond donors (Lipinski definition) is 0.